The van der Waals surface area contributed by atoms with E-state index < -0.39 is 0 Å². The first kappa shape index (κ1) is 7.84. The molecule has 0 spiro atoms. The summed E-state index contributed by atoms with van der Waals surface area (Å²) in [5.74, 6) is 0.857. The van der Waals surface area contributed by atoms with Gasteiger partial charge in [0.05, 0.1) is 0 Å². The van der Waals surface area contributed by atoms with Gasteiger partial charge >= 0.3 is 0 Å². The molecule has 0 fully saturated rings. The summed E-state index contributed by atoms with van der Waals surface area (Å²) in [7, 11) is 0. The predicted molar refractivity (Wildman–Crippen MR) is 46.0 cm³/mol. The van der Waals surface area contributed by atoms with Crippen LogP contribution in [0.25, 0.3) is 0 Å². The molecule has 0 aromatic rings. The summed E-state index contributed by atoms with van der Waals surface area (Å²) in [6, 6.07) is 0. The van der Waals surface area contributed by atoms with Gasteiger partial charge in [0.2, 0.25) is 0 Å². The highest BCUT2D eigenvalue weighted by Crippen LogP contribution is 2.24. The Morgan fingerprint density at radius 2 is 2.40 bits per heavy atom. The van der Waals surface area contributed by atoms with E-state index in [0.29, 0.717) is 0 Å². The number of rotatable bonds is 2. The maximum atomic E-state index is 2.48. The highest BCUT2D eigenvalue weighted by atomic mass is 14.1. The molecule has 1 rings (SSSR count). The standard InChI is InChI=1S/C10H18/c1-3-5-10-7-4-6-9(2)8-10/h8-9H,3-7H2,1-2H3. The van der Waals surface area contributed by atoms with Crippen molar-refractivity contribution in [3.8, 4) is 0 Å². The quantitative estimate of drug-likeness (QED) is 0.512. The second kappa shape index (κ2) is 3.80. The van der Waals surface area contributed by atoms with E-state index in [4.69, 9.17) is 0 Å². The van der Waals surface area contributed by atoms with Crippen LogP contribution >= 0.6 is 0 Å². The topological polar surface area (TPSA) is 0 Å². The highest BCUT2D eigenvalue weighted by molar-refractivity contribution is 5.06. The molecule has 0 saturated heterocycles. The number of allylic oxidation sites excluding steroid dienone is 2. The van der Waals surface area contributed by atoms with Crippen LogP contribution in [0.5, 0.6) is 0 Å². The lowest BCUT2D eigenvalue weighted by molar-refractivity contribution is 0.555. The van der Waals surface area contributed by atoms with Crippen molar-refractivity contribution in [2.75, 3.05) is 0 Å². The summed E-state index contributed by atoms with van der Waals surface area (Å²) < 4.78 is 0. The smallest absolute Gasteiger partial charge is 0.0259 e. The molecule has 0 amide bonds. The molecule has 1 atom stereocenters. The Bertz CT molecular complexity index is 122. The van der Waals surface area contributed by atoms with Gasteiger partial charge in [0.15, 0.2) is 0 Å². The Labute approximate surface area is 64.3 Å². The first-order valence-corrected chi connectivity index (χ1v) is 4.52. The Kier molecular flexibility index (Phi) is 2.98. The maximum Gasteiger partial charge on any atom is -0.0259 e. The first-order chi connectivity index (χ1) is 4.83. The SMILES string of the molecule is CCCC1=CC(C)CCC1. The average molecular weight is 138 g/mol. The van der Waals surface area contributed by atoms with Crippen molar-refractivity contribution in [1.29, 1.82) is 0 Å². The molecule has 0 radical (unpaired) electrons. The molecule has 10 heavy (non-hydrogen) atoms. The summed E-state index contributed by atoms with van der Waals surface area (Å²) in [6.07, 6.45) is 9.34. The second-order valence-electron chi connectivity index (χ2n) is 3.44. The Hall–Kier alpha value is -0.260. The van der Waals surface area contributed by atoms with Gasteiger partial charge < -0.3 is 0 Å². The van der Waals surface area contributed by atoms with Crippen LogP contribution in [0, 0.1) is 5.92 Å². The Morgan fingerprint density at radius 1 is 1.60 bits per heavy atom. The third-order valence-electron chi connectivity index (χ3n) is 2.25. The van der Waals surface area contributed by atoms with Gasteiger partial charge in [-0.1, -0.05) is 31.9 Å². The molecule has 0 aromatic heterocycles. The molecule has 0 aliphatic heterocycles. The summed E-state index contributed by atoms with van der Waals surface area (Å²) in [5.41, 5.74) is 1.71. The third kappa shape index (κ3) is 2.17. The predicted octanol–water partition coefficient (Wildman–Crippen LogP) is 3.53. The Balaban J connectivity index is 2.41. The third-order valence-corrected chi connectivity index (χ3v) is 2.25. The largest absolute Gasteiger partial charge is 0.0825 e. The maximum absolute atomic E-state index is 2.48. The van der Waals surface area contributed by atoms with E-state index in [2.05, 4.69) is 19.9 Å². The van der Waals surface area contributed by atoms with Crippen molar-refractivity contribution in [1.82, 2.24) is 0 Å². The molecule has 1 unspecified atom stereocenters. The molecule has 0 saturated carbocycles. The average Bonchev–Trinajstić information content (AvgIpc) is 1.88. The second-order valence-corrected chi connectivity index (χ2v) is 3.44. The van der Waals surface area contributed by atoms with E-state index >= 15 is 0 Å². The zero-order valence-corrected chi connectivity index (χ0v) is 7.19. The normalized spacial score (nSPS) is 26.2. The minimum Gasteiger partial charge on any atom is -0.0825 e. The summed E-state index contributed by atoms with van der Waals surface area (Å²) in [5, 5.41) is 0. The van der Waals surface area contributed by atoms with Crippen LogP contribution in [0.4, 0.5) is 0 Å². The monoisotopic (exact) mass is 138 g/mol. The van der Waals surface area contributed by atoms with Crippen molar-refractivity contribution in [2.24, 2.45) is 5.92 Å². The lowest BCUT2D eigenvalue weighted by atomic mass is 9.90. The highest BCUT2D eigenvalue weighted by Gasteiger charge is 2.07. The summed E-state index contributed by atoms with van der Waals surface area (Å²) in [6.45, 7) is 4.59. The van der Waals surface area contributed by atoms with Gasteiger partial charge in [-0.2, -0.15) is 0 Å². The van der Waals surface area contributed by atoms with Gasteiger partial charge in [0.25, 0.3) is 0 Å². The van der Waals surface area contributed by atoms with Crippen LogP contribution in [0.3, 0.4) is 0 Å². The minimum absolute atomic E-state index is 0.857. The molecular weight excluding hydrogens is 120 g/mol. The zero-order chi connectivity index (χ0) is 7.40. The fourth-order valence-electron chi connectivity index (χ4n) is 1.75. The molecule has 58 valence electrons. The van der Waals surface area contributed by atoms with Crippen LogP contribution in [0.1, 0.15) is 46.0 Å². The summed E-state index contributed by atoms with van der Waals surface area (Å²) >= 11 is 0. The lowest BCUT2D eigenvalue weighted by Crippen LogP contribution is -2.00. The van der Waals surface area contributed by atoms with E-state index in [0.717, 1.165) is 5.92 Å². The van der Waals surface area contributed by atoms with E-state index in [-0.39, 0.29) is 0 Å². The molecule has 0 heteroatoms. The fraction of sp³-hybridized carbons (Fsp3) is 0.800. The van der Waals surface area contributed by atoms with Gasteiger partial charge in [0, 0.05) is 0 Å². The van der Waals surface area contributed by atoms with Gasteiger partial charge in [-0.25, -0.2) is 0 Å². The van der Waals surface area contributed by atoms with Crippen molar-refractivity contribution in [3.63, 3.8) is 0 Å². The fourth-order valence-corrected chi connectivity index (χ4v) is 1.75. The molecular formula is C10H18. The van der Waals surface area contributed by atoms with Crippen LogP contribution in [0.2, 0.25) is 0 Å². The van der Waals surface area contributed by atoms with Crippen molar-refractivity contribution >= 4 is 0 Å². The van der Waals surface area contributed by atoms with Crippen molar-refractivity contribution in [2.45, 2.75) is 46.0 Å². The summed E-state index contributed by atoms with van der Waals surface area (Å²) in [4.78, 5) is 0. The lowest BCUT2D eigenvalue weighted by Gasteiger charge is -2.16. The van der Waals surface area contributed by atoms with Crippen LogP contribution in [-0.2, 0) is 0 Å². The Morgan fingerprint density at radius 3 is 3.00 bits per heavy atom. The van der Waals surface area contributed by atoms with Crippen LogP contribution in [0.15, 0.2) is 11.6 Å². The van der Waals surface area contributed by atoms with E-state index in [1.165, 1.54) is 32.1 Å². The van der Waals surface area contributed by atoms with Gasteiger partial charge in [-0.05, 0) is 31.6 Å². The van der Waals surface area contributed by atoms with Gasteiger partial charge in [-0.3, -0.25) is 0 Å². The molecule has 1 aliphatic carbocycles. The molecule has 0 bridgehead atoms. The number of hydrogen-bond acceptors (Lipinski definition) is 0. The zero-order valence-electron chi connectivity index (χ0n) is 7.19. The van der Waals surface area contributed by atoms with Crippen LogP contribution in [-0.4, -0.2) is 0 Å². The molecule has 0 heterocycles. The molecule has 0 aromatic carbocycles. The van der Waals surface area contributed by atoms with Crippen LogP contribution < -0.4 is 0 Å². The van der Waals surface area contributed by atoms with Gasteiger partial charge in [-0.15, -0.1) is 0 Å². The minimum atomic E-state index is 0.857. The molecule has 0 N–H and O–H groups in total. The first-order valence-electron chi connectivity index (χ1n) is 4.52. The van der Waals surface area contributed by atoms with Crippen molar-refractivity contribution < 1.29 is 0 Å². The van der Waals surface area contributed by atoms with E-state index in [1.807, 2.05) is 0 Å². The number of hydrogen-bond donors (Lipinski definition) is 0. The van der Waals surface area contributed by atoms with Crippen molar-refractivity contribution in [3.05, 3.63) is 11.6 Å². The van der Waals surface area contributed by atoms with E-state index in [9.17, 15) is 0 Å². The van der Waals surface area contributed by atoms with Gasteiger partial charge in [0.1, 0.15) is 0 Å². The molecule has 1 aliphatic rings. The molecule has 0 nitrogen and oxygen atoms in total. The van der Waals surface area contributed by atoms with E-state index in [1.54, 1.807) is 5.57 Å².